The van der Waals surface area contributed by atoms with E-state index in [0.717, 1.165) is 11.1 Å². The van der Waals surface area contributed by atoms with E-state index in [9.17, 15) is 9.18 Å². The van der Waals surface area contributed by atoms with Crippen LogP contribution < -0.4 is 0 Å². The second kappa shape index (κ2) is 6.23. The molecular weight excluding hydrogens is 271 g/mol. The third kappa shape index (κ3) is 2.93. The smallest absolute Gasteiger partial charge is 0.171 e. The molecule has 1 radical (unpaired) electrons. The molecule has 1 nitrogen and oxygen atoms in total. The minimum atomic E-state index is -0.271. The number of carbonyl (C=O) groups excluding carboxylic acids is 1. The van der Waals surface area contributed by atoms with Gasteiger partial charge in [0.25, 0.3) is 0 Å². The summed E-state index contributed by atoms with van der Waals surface area (Å²) in [5.74, 6) is -0.378. The van der Waals surface area contributed by atoms with Gasteiger partial charge in [0.1, 0.15) is 5.82 Å². The second-order valence-electron chi connectivity index (χ2n) is 4.61. The monoisotopic (exact) mass is 287 g/mol. The first-order valence-electron chi connectivity index (χ1n) is 6.32. The van der Waals surface area contributed by atoms with E-state index in [0.29, 0.717) is 16.0 Å². The molecule has 3 heteroatoms. The minimum absolute atomic E-state index is 0.107. The molecular formula is C17H16FOS. The zero-order chi connectivity index (χ0) is 14.7. The molecule has 2 aromatic carbocycles. The maximum Gasteiger partial charge on any atom is 0.171 e. The Morgan fingerprint density at radius 2 is 1.80 bits per heavy atom. The fourth-order valence-corrected chi connectivity index (χ4v) is 2.82. The highest BCUT2D eigenvalue weighted by Gasteiger charge is 2.15. The number of ketones is 1. The number of thioether (sulfide) groups is 1. The van der Waals surface area contributed by atoms with Crippen molar-refractivity contribution in [2.24, 2.45) is 0 Å². The van der Waals surface area contributed by atoms with E-state index >= 15 is 0 Å². The number of hydrogen-bond acceptors (Lipinski definition) is 2. The molecule has 0 saturated heterocycles. The highest BCUT2D eigenvalue weighted by atomic mass is 32.2. The van der Waals surface area contributed by atoms with E-state index in [-0.39, 0.29) is 11.6 Å². The lowest BCUT2D eigenvalue weighted by Crippen LogP contribution is -2.04. The molecule has 0 aliphatic rings. The number of halogens is 1. The predicted molar refractivity (Wildman–Crippen MR) is 81.8 cm³/mol. The standard InChI is InChI=1S/C17H16FOS/c1-11-12(2)17(20-3)15(18)9-14(11)10-16(19)13-7-5-4-6-8-13/h4-10H,1-3H3. The van der Waals surface area contributed by atoms with Gasteiger partial charge in [0.05, 0.1) is 6.42 Å². The van der Waals surface area contributed by atoms with E-state index in [1.807, 2.05) is 38.3 Å². The van der Waals surface area contributed by atoms with Crippen LogP contribution in [0, 0.1) is 26.1 Å². The molecule has 20 heavy (non-hydrogen) atoms. The van der Waals surface area contributed by atoms with Crippen molar-refractivity contribution in [2.45, 2.75) is 18.7 Å². The summed E-state index contributed by atoms with van der Waals surface area (Å²) < 4.78 is 14.0. The first-order chi connectivity index (χ1) is 9.54. The summed E-state index contributed by atoms with van der Waals surface area (Å²) in [7, 11) is 0. The SMILES string of the molecule is CSc1c(F)cc([CH]C(=O)c2ccccc2)c(C)c1C. The topological polar surface area (TPSA) is 17.1 Å². The summed E-state index contributed by atoms with van der Waals surface area (Å²) in [5, 5.41) is 0. The summed E-state index contributed by atoms with van der Waals surface area (Å²) in [4.78, 5) is 12.8. The summed E-state index contributed by atoms with van der Waals surface area (Å²) in [6.07, 6.45) is 3.36. The molecule has 0 fully saturated rings. The normalized spacial score (nSPS) is 10.6. The van der Waals surface area contributed by atoms with Crippen LogP contribution in [0.5, 0.6) is 0 Å². The van der Waals surface area contributed by atoms with Gasteiger partial charge in [0, 0.05) is 10.5 Å². The zero-order valence-corrected chi connectivity index (χ0v) is 12.6. The summed E-state index contributed by atoms with van der Waals surface area (Å²) in [5.41, 5.74) is 3.09. The van der Waals surface area contributed by atoms with Crippen LogP contribution in [-0.2, 0) is 0 Å². The highest BCUT2D eigenvalue weighted by Crippen LogP contribution is 2.29. The Morgan fingerprint density at radius 3 is 2.40 bits per heavy atom. The van der Waals surface area contributed by atoms with Crippen LogP contribution in [0.2, 0.25) is 0 Å². The quantitative estimate of drug-likeness (QED) is 0.604. The molecule has 2 rings (SSSR count). The lowest BCUT2D eigenvalue weighted by Gasteiger charge is -2.13. The lowest BCUT2D eigenvalue weighted by atomic mass is 9.96. The van der Waals surface area contributed by atoms with E-state index in [4.69, 9.17) is 0 Å². The van der Waals surface area contributed by atoms with Gasteiger partial charge in [-0.3, -0.25) is 4.79 Å². The molecule has 0 saturated carbocycles. The molecule has 0 aliphatic carbocycles. The van der Waals surface area contributed by atoms with Crippen LogP contribution in [-0.4, -0.2) is 12.0 Å². The summed E-state index contributed by atoms with van der Waals surface area (Å²) >= 11 is 1.39. The van der Waals surface area contributed by atoms with Gasteiger partial charge in [-0.25, -0.2) is 4.39 Å². The third-order valence-corrected chi connectivity index (χ3v) is 4.29. The molecule has 103 valence electrons. The second-order valence-corrected chi connectivity index (χ2v) is 5.42. The van der Waals surface area contributed by atoms with Crippen molar-refractivity contribution < 1.29 is 9.18 Å². The largest absolute Gasteiger partial charge is 0.293 e. The molecule has 0 aromatic heterocycles. The Hall–Kier alpha value is -1.61. The first kappa shape index (κ1) is 14.8. The maximum atomic E-state index is 14.0. The molecule has 0 heterocycles. The number of benzene rings is 2. The van der Waals surface area contributed by atoms with Crippen molar-refractivity contribution in [1.82, 2.24) is 0 Å². The lowest BCUT2D eigenvalue weighted by molar-refractivity contribution is 0.103. The van der Waals surface area contributed by atoms with Crippen LogP contribution in [0.15, 0.2) is 41.3 Å². The van der Waals surface area contributed by atoms with Gasteiger partial charge in [-0.1, -0.05) is 30.3 Å². The average Bonchev–Trinajstić information content (AvgIpc) is 2.46. The maximum absolute atomic E-state index is 14.0. The molecule has 0 bridgehead atoms. The van der Waals surface area contributed by atoms with Gasteiger partial charge in [-0.05, 0) is 42.9 Å². The van der Waals surface area contributed by atoms with Gasteiger partial charge in [-0.15, -0.1) is 11.8 Å². The first-order valence-corrected chi connectivity index (χ1v) is 7.55. The third-order valence-electron chi connectivity index (χ3n) is 3.38. The van der Waals surface area contributed by atoms with Gasteiger partial charge >= 0.3 is 0 Å². The zero-order valence-electron chi connectivity index (χ0n) is 11.7. The Kier molecular flexibility index (Phi) is 4.61. The van der Waals surface area contributed by atoms with Gasteiger partial charge in [0.2, 0.25) is 0 Å². The molecule has 0 aliphatic heterocycles. The predicted octanol–water partition coefficient (Wildman–Crippen LogP) is 4.60. The summed E-state index contributed by atoms with van der Waals surface area (Å²) in [6, 6.07) is 10.4. The minimum Gasteiger partial charge on any atom is -0.293 e. The Bertz CT molecular complexity index is 635. The van der Waals surface area contributed by atoms with Gasteiger partial charge in [0.15, 0.2) is 5.78 Å². The van der Waals surface area contributed by atoms with Crippen molar-refractivity contribution in [3.8, 4) is 0 Å². The number of hydrogen-bond donors (Lipinski definition) is 0. The van der Waals surface area contributed by atoms with Crippen LogP contribution in [0.3, 0.4) is 0 Å². The van der Waals surface area contributed by atoms with Crippen molar-refractivity contribution in [2.75, 3.05) is 6.26 Å². The van der Waals surface area contributed by atoms with Crippen LogP contribution in [0.4, 0.5) is 4.39 Å². The average molecular weight is 287 g/mol. The molecule has 2 aromatic rings. The van der Waals surface area contributed by atoms with Crippen molar-refractivity contribution >= 4 is 17.5 Å². The Labute approximate surface area is 123 Å². The van der Waals surface area contributed by atoms with E-state index in [1.165, 1.54) is 24.2 Å². The number of Topliss-reactive ketones (excluding diaryl/α,β-unsaturated/α-hetero) is 1. The van der Waals surface area contributed by atoms with E-state index < -0.39 is 0 Å². The molecule has 0 spiro atoms. The molecule has 0 atom stereocenters. The molecule has 0 N–H and O–H groups in total. The van der Waals surface area contributed by atoms with Crippen molar-refractivity contribution in [3.05, 3.63) is 70.9 Å². The van der Waals surface area contributed by atoms with Crippen LogP contribution in [0.25, 0.3) is 0 Å². The fraction of sp³-hybridized carbons (Fsp3) is 0.176. The van der Waals surface area contributed by atoms with Crippen LogP contribution >= 0.6 is 11.8 Å². The fourth-order valence-electron chi connectivity index (χ4n) is 2.10. The molecule has 0 unspecified atom stereocenters. The Balaban J connectivity index is 2.33. The van der Waals surface area contributed by atoms with Crippen LogP contribution in [0.1, 0.15) is 27.0 Å². The highest BCUT2D eigenvalue weighted by molar-refractivity contribution is 7.98. The number of rotatable bonds is 4. The van der Waals surface area contributed by atoms with E-state index in [2.05, 4.69) is 0 Å². The Morgan fingerprint density at radius 1 is 1.15 bits per heavy atom. The summed E-state index contributed by atoms with van der Waals surface area (Å²) in [6.45, 7) is 3.80. The molecule has 0 amide bonds. The number of carbonyl (C=O) groups is 1. The van der Waals surface area contributed by atoms with Crippen molar-refractivity contribution in [1.29, 1.82) is 0 Å². The van der Waals surface area contributed by atoms with Gasteiger partial charge < -0.3 is 0 Å². The van der Waals surface area contributed by atoms with Crippen molar-refractivity contribution in [3.63, 3.8) is 0 Å². The van der Waals surface area contributed by atoms with E-state index in [1.54, 1.807) is 12.1 Å². The van der Waals surface area contributed by atoms with Gasteiger partial charge in [-0.2, -0.15) is 0 Å².